The molecule has 34 heavy (non-hydrogen) atoms. The van der Waals surface area contributed by atoms with Crippen LogP contribution in [0.25, 0.3) is 0 Å². The Hall–Kier alpha value is -3.33. The van der Waals surface area contributed by atoms with Crippen molar-refractivity contribution in [1.82, 2.24) is 4.90 Å². The van der Waals surface area contributed by atoms with Crippen molar-refractivity contribution in [1.29, 1.82) is 0 Å². The number of hydrogen-bond acceptors (Lipinski definition) is 7. The van der Waals surface area contributed by atoms with Gasteiger partial charge in [-0.25, -0.2) is 14.0 Å². The lowest BCUT2D eigenvalue weighted by Crippen LogP contribution is -2.44. The van der Waals surface area contributed by atoms with Crippen LogP contribution in [0.5, 0.6) is 11.5 Å². The summed E-state index contributed by atoms with van der Waals surface area (Å²) in [5.41, 5.74) is 2.76. The Morgan fingerprint density at radius 2 is 2.03 bits per heavy atom. The zero-order chi connectivity index (χ0) is 24.2. The van der Waals surface area contributed by atoms with Crippen molar-refractivity contribution in [3.63, 3.8) is 0 Å². The normalized spacial score (nSPS) is 16.9. The quantitative estimate of drug-likeness (QED) is 0.583. The fourth-order valence-electron chi connectivity index (χ4n) is 4.10. The maximum atomic E-state index is 14.0. The number of carbonyl (C=O) groups is 2. The largest absolute Gasteiger partial charge is 0.489 e. The molecule has 0 fully saturated rings. The summed E-state index contributed by atoms with van der Waals surface area (Å²) in [6, 6.07) is 7.18. The molecule has 2 aromatic carbocycles. The molecule has 0 aromatic heterocycles. The Kier molecular flexibility index (Phi) is 7.21. The zero-order valence-corrected chi connectivity index (χ0v) is 19.5. The predicted molar refractivity (Wildman–Crippen MR) is 119 cm³/mol. The number of ether oxygens (including phenoxy) is 5. The van der Waals surface area contributed by atoms with E-state index < -0.39 is 18.1 Å². The van der Waals surface area contributed by atoms with E-state index in [1.54, 1.807) is 12.1 Å². The van der Waals surface area contributed by atoms with Gasteiger partial charge in [0.2, 0.25) is 0 Å². The van der Waals surface area contributed by atoms with Gasteiger partial charge in [0.25, 0.3) is 0 Å². The lowest BCUT2D eigenvalue weighted by Gasteiger charge is -2.35. The van der Waals surface area contributed by atoms with Crippen LogP contribution in [0.15, 0.2) is 30.3 Å². The fourth-order valence-corrected chi connectivity index (χ4v) is 4.10. The summed E-state index contributed by atoms with van der Waals surface area (Å²) in [4.78, 5) is 26.6. The van der Waals surface area contributed by atoms with Crippen molar-refractivity contribution in [3.8, 4) is 11.5 Å². The van der Waals surface area contributed by atoms with Crippen LogP contribution < -0.4 is 9.47 Å². The van der Waals surface area contributed by atoms with E-state index in [1.165, 1.54) is 24.1 Å². The highest BCUT2D eigenvalue weighted by atomic mass is 19.1. The maximum absolute atomic E-state index is 14.0. The number of carbonyl (C=O) groups excluding carboxylic acids is 2. The Bertz CT molecular complexity index is 1070. The first-order valence-corrected chi connectivity index (χ1v) is 11.2. The molecule has 1 amide bonds. The van der Waals surface area contributed by atoms with Gasteiger partial charge in [0.1, 0.15) is 23.9 Å². The smallest absolute Gasteiger partial charge is 0.410 e. The molecule has 9 heteroatoms. The molecule has 2 aliphatic heterocycles. The van der Waals surface area contributed by atoms with E-state index in [-0.39, 0.29) is 38.3 Å². The molecule has 2 heterocycles. The van der Waals surface area contributed by atoms with Gasteiger partial charge in [0.15, 0.2) is 12.8 Å². The Balaban J connectivity index is 1.53. The van der Waals surface area contributed by atoms with Crippen LogP contribution in [0.2, 0.25) is 0 Å². The summed E-state index contributed by atoms with van der Waals surface area (Å²) >= 11 is 0. The monoisotopic (exact) mass is 473 g/mol. The summed E-state index contributed by atoms with van der Waals surface area (Å²) in [5.74, 6) is 0.387. The van der Waals surface area contributed by atoms with E-state index in [9.17, 15) is 14.0 Å². The van der Waals surface area contributed by atoms with Crippen LogP contribution in [0.4, 0.5) is 9.18 Å². The highest BCUT2D eigenvalue weighted by Gasteiger charge is 2.38. The first kappa shape index (κ1) is 23.8. The fraction of sp³-hybridized carbons (Fsp3) is 0.440. The van der Waals surface area contributed by atoms with E-state index in [2.05, 4.69) is 0 Å². The average molecular weight is 473 g/mol. The predicted octanol–water partition coefficient (Wildman–Crippen LogP) is 4.14. The molecule has 0 saturated heterocycles. The summed E-state index contributed by atoms with van der Waals surface area (Å²) < 4.78 is 41.0. The molecule has 0 aliphatic carbocycles. The van der Waals surface area contributed by atoms with Gasteiger partial charge in [-0.2, -0.15) is 0 Å². The Morgan fingerprint density at radius 3 is 2.79 bits per heavy atom. The van der Waals surface area contributed by atoms with Gasteiger partial charge in [-0.3, -0.25) is 4.90 Å². The van der Waals surface area contributed by atoms with E-state index in [0.717, 1.165) is 5.56 Å². The van der Waals surface area contributed by atoms with Gasteiger partial charge in [-0.05, 0) is 47.7 Å². The molecule has 1 atom stereocenters. The second-order valence-corrected chi connectivity index (χ2v) is 8.65. The molecule has 1 unspecified atom stereocenters. The van der Waals surface area contributed by atoms with Crippen molar-refractivity contribution >= 4 is 12.1 Å². The first-order chi connectivity index (χ1) is 16.4. The number of amides is 1. The molecular weight excluding hydrogens is 445 g/mol. The van der Waals surface area contributed by atoms with Crippen LogP contribution in [0.3, 0.4) is 0 Å². The SMILES string of the molecule is COC(=O)C1c2ccc(OCc3cc(F)cc4c3OCOC4)cc2CCN1C(=O)OCC(C)C. The van der Waals surface area contributed by atoms with Crippen LogP contribution in [-0.2, 0) is 38.6 Å². The van der Waals surface area contributed by atoms with Crippen molar-refractivity contribution in [2.75, 3.05) is 27.1 Å². The molecular formula is C25H28FNO7. The highest BCUT2D eigenvalue weighted by molar-refractivity contribution is 5.84. The van der Waals surface area contributed by atoms with Gasteiger partial charge in [-0.1, -0.05) is 19.9 Å². The third-order valence-corrected chi connectivity index (χ3v) is 5.69. The molecule has 0 radical (unpaired) electrons. The standard InChI is InChI=1S/C25H28FNO7/c1-15(2)11-33-25(29)27-7-6-16-10-20(4-5-21(16)22(27)24(28)30-3)32-13-18-9-19(26)8-17-12-31-14-34-23(17)18/h4-5,8-10,15,22H,6-7,11-14H2,1-3H3. The van der Waals surface area contributed by atoms with Gasteiger partial charge >= 0.3 is 12.1 Å². The van der Waals surface area contributed by atoms with Crippen molar-refractivity contribution in [2.24, 2.45) is 5.92 Å². The Labute approximate surface area is 197 Å². The molecule has 2 aliphatic rings. The molecule has 0 saturated carbocycles. The second-order valence-electron chi connectivity index (χ2n) is 8.65. The number of halogens is 1. The molecule has 8 nitrogen and oxygen atoms in total. The third kappa shape index (κ3) is 5.09. The second kappa shape index (κ2) is 10.3. The van der Waals surface area contributed by atoms with Gasteiger partial charge in [0.05, 0.1) is 20.3 Å². The van der Waals surface area contributed by atoms with Crippen LogP contribution in [-0.4, -0.2) is 44.0 Å². The number of methoxy groups -OCH3 is 1. The molecule has 0 spiro atoms. The zero-order valence-electron chi connectivity index (χ0n) is 19.5. The van der Waals surface area contributed by atoms with Crippen molar-refractivity contribution in [2.45, 2.75) is 39.5 Å². The highest BCUT2D eigenvalue weighted by Crippen LogP contribution is 2.35. The lowest BCUT2D eigenvalue weighted by molar-refractivity contribution is -0.147. The van der Waals surface area contributed by atoms with Crippen molar-refractivity contribution < 1.29 is 37.7 Å². The van der Waals surface area contributed by atoms with E-state index in [4.69, 9.17) is 23.7 Å². The summed E-state index contributed by atoms with van der Waals surface area (Å²) in [6.45, 7) is 4.95. The summed E-state index contributed by atoms with van der Waals surface area (Å²) in [6.07, 6.45) is -0.0259. The van der Waals surface area contributed by atoms with E-state index >= 15 is 0 Å². The third-order valence-electron chi connectivity index (χ3n) is 5.69. The van der Waals surface area contributed by atoms with E-state index in [0.29, 0.717) is 41.2 Å². The van der Waals surface area contributed by atoms with Gasteiger partial charge in [-0.15, -0.1) is 0 Å². The van der Waals surface area contributed by atoms with Gasteiger partial charge < -0.3 is 23.7 Å². The number of benzene rings is 2. The number of hydrogen-bond donors (Lipinski definition) is 0. The summed E-state index contributed by atoms with van der Waals surface area (Å²) in [5, 5.41) is 0. The minimum atomic E-state index is -0.897. The van der Waals surface area contributed by atoms with Crippen molar-refractivity contribution in [3.05, 3.63) is 58.4 Å². The van der Waals surface area contributed by atoms with Crippen LogP contribution in [0.1, 0.15) is 42.1 Å². The maximum Gasteiger partial charge on any atom is 0.410 e. The molecule has 182 valence electrons. The first-order valence-electron chi connectivity index (χ1n) is 11.2. The molecule has 4 rings (SSSR count). The van der Waals surface area contributed by atoms with E-state index in [1.807, 2.05) is 19.9 Å². The topological polar surface area (TPSA) is 83.5 Å². The Morgan fingerprint density at radius 1 is 1.21 bits per heavy atom. The van der Waals surface area contributed by atoms with Crippen LogP contribution in [0, 0.1) is 11.7 Å². The van der Waals surface area contributed by atoms with Gasteiger partial charge in [0, 0.05) is 17.7 Å². The molecule has 0 N–H and O–H groups in total. The number of esters is 1. The average Bonchev–Trinajstić information content (AvgIpc) is 2.84. The lowest BCUT2D eigenvalue weighted by atomic mass is 9.92. The molecule has 0 bridgehead atoms. The number of nitrogens with zero attached hydrogens (tertiary/aromatic N) is 1. The number of fused-ring (bicyclic) bond motifs is 2. The van der Waals surface area contributed by atoms with Crippen LogP contribution >= 0.6 is 0 Å². The minimum Gasteiger partial charge on any atom is -0.489 e. The minimum absolute atomic E-state index is 0.104. The summed E-state index contributed by atoms with van der Waals surface area (Å²) in [7, 11) is 1.29. The number of rotatable bonds is 6. The molecule has 2 aromatic rings.